The minimum absolute atomic E-state index is 0.0673. The molecule has 0 spiro atoms. The first-order valence-corrected chi connectivity index (χ1v) is 6.26. The molecule has 2 aromatic rings. The van der Waals surface area contributed by atoms with E-state index in [1.807, 2.05) is 0 Å². The fraction of sp³-hybridized carbons (Fsp3) is 0.200. The third-order valence-corrected chi connectivity index (χ3v) is 3.20. The highest BCUT2D eigenvalue weighted by atomic mass is 32.2. The number of thioether (sulfide) groups is 1. The summed E-state index contributed by atoms with van der Waals surface area (Å²) in [6, 6.07) is 4.74. The molecule has 0 atom stereocenters. The number of aromatic nitrogens is 2. The summed E-state index contributed by atoms with van der Waals surface area (Å²) in [5.74, 6) is 6.25. The summed E-state index contributed by atoms with van der Waals surface area (Å²) in [5, 5.41) is 18.8. The molecule has 0 aliphatic heterocycles. The quantitative estimate of drug-likeness (QED) is 0.369. The van der Waals surface area contributed by atoms with Gasteiger partial charge in [0, 0.05) is 18.7 Å². The number of hydrogen-bond donors (Lipinski definition) is 2. The maximum atomic E-state index is 10.9. The molecule has 19 heavy (non-hydrogen) atoms. The molecule has 1 aromatic carbocycles. The Hall–Kier alpha value is -2.13. The molecule has 0 saturated heterocycles. The summed E-state index contributed by atoms with van der Waals surface area (Å²) >= 11 is 1.29. The lowest BCUT2D eigenvalue weighted by Crippen LogP contribution is -2.11. The van der Waals surface area contributed by atoms with Gasteiger partial charge in [-0.3, -0.25) is 16.0 Å². The molecule has 8 nitrogen and oxygen atoms in total. The summed E-state index contributed by atoms with van der Waals surface area (Å²) in [6.07, 6.45) is 0. The number of nitrogen functional groups attached to an aromatic ring is 1. The first kappa shape index (κ1) is 13.3. The van der Waals surface area contributed by atoms with Crippen molar-refractivity contribution in [3.05, 3.63) is 39.8 Å². The second kappa shape index (κ2) is 5.67. The van der Waals surface area contributed by atoms with Gasteiger partial charge in [0.1, 0.15) is 5.69 Å². The molecule has 0 amide bonds. The van der Waals surface area contributed by atoms with Crippen LogP contribution in [-0.2, 0) is 5.75 Å². The summed E-state index contributed by atoms with van der Waals surface area (Å²) in [7, 11) is 0. The zero-order chi connectivity index (χ0) is 13.8. The van der Waals surface area contributed by atoms with Gasteiger partial charge in [-0.25, -0.2) is 0 Å². The normalized spacial score (nSPS) is 10.4. The first-order valence-electron chi connectivity index (χ1n) is 5.27. The average molecular weight is 281 g/mol. The first-order chi connectivity index (χ1) is 9.11. The molecule has 9 heteroatoms. The van der Waals surface area contributed by atoms with Gasteiger partial charge in [-0.05, 0) is 5.56 Å². The van der Waals surface area contributed by atoms with Crippen molar-refractivity contribution < 1.29 is 9.34 Å². The zero-order valence-corrected chi connectivity index (χ0v) is 10.8. The third-order valence-electron chi connectivity index (χ3n) is 2.33. The molecule has 0 unspecified atom stereocenters. The monoisotopic (exact) mass is 281 g/mol. The molecule has 0 fully saturated rings. The highest BCUT2D eigenvalue weighted by Gasteiger charge is 2.17. The van der Waals surface area contributed by atoms with Gasteiger partial charge < -0.3 is 9.84 Å². The highest BCUT2D eigenvalue weighted by molar-refractivity contribution is 7.98. The van der Waals surface area contributed by atoms with E-state index in [0.717, 1.165) is 0 Å². The molecule has 2 rings (SSSR count). The van der Waals surface area contributed by atoms with Crippen molar-refractivity contribution in [1.29, 1.82) is 0 Å². The minimum Gasteiger partial charge on any atom is -0.416 e. The molecule has 0 radical (unpaired) electrons. The SMILES string of the molecule is Cc1nnc(SCc2cccc([N+](=O)[O-])c2NN)o1. The molecule has 100 valence electrons. The minimum atomic E-state index is -0.486. The maximum Gasteiger partial charge on any atom is 0.293 e. The number of hydrogen-bond acceptors (Lipinski definition) is 8. The van der Waals surface area contributed by atoms with Crippen molar-refractivity contribution >= 4 is 23.1 Å². The Kier molecular flexibility index (Phi) is 3.97. The standard InChI is InChI=1S/C10H11N5O3S/c1-6-13-14-10(18-6)19-5-7-3-2-4-8(15(16)17)9(7)12-11/h2-4,12H,5,11H2,1H3. The average Bonchev–Trinajstić information content (AvgIpc) is 2.81. The fourth-order valence-electron chi connectivity index (χ4n) is 1.50. The van der Waals surface area contributed by atoms with Crippen LogP contribution in [0.15, 0.2) is 27.8 Å². The van der Waals surface area contributed by atoms with Gasteiger partial charge in [0.15, 0.2) is 0 Å². The summed E-state index contributed by atoms with van der Waals surface area (Å²) in [5.41, 5.74) is 3.28. The van der Waals surface area contributed by atoms with E-state index in [0.29, 0.717) is 22.4 Å². The number of para-hydroxylation sites is 1. The number of nitrogens with zero attached hydrogens (tertiary/aromatic N) is 3. The van der Waals surface area contributed by atoms with Crippen molar-refractivity contribution in [3.8, 4) is 0 Å². The van der Waals surface area contributed by atoms with Crippen LogP contribution in [0.2, 0.25) is 0 Å². The van der Waals surface area contributed by atoms with E-state index in [4.69, 9.17) is 10.3 Å². The number of nitro benzene ring substituents is 1. The Morgan fingerprint density at radius 2 is 2.32 bits per heavy atom. The molecule has 1 aromatic heterocycles. The number of nitrogens with two attached hydrogens (primary N) is 1. The Bertz CT molecular complexity index is 601. The predicted molar refractivity (Wildman–Crippen MR) is 69.5 cm³/mol. The predicted octanol–water partition coefficient (Wildman–Crippen LogP) is 1.86. The molecule has 0 aliphatic rings. The van der Waals surface area contributed by atoms with Crippen LogP contribution in [-0.4, -0.2) is 15.1 Å². The van der Waals surface area contributed by atoms with Gasteiger partial charge in [0.25, 0.3) is 10.9 Å². The summed E-state index contributed by atoms with van der Waals surface area (Å²) < 4.78 is 5.21. The lowest BCUT2D eigenvalue weighted by Gasteiger charge is -2.07. The molecule has 0 aliphatic carbocycles. The maximum absolute atomic E-state index is 10.9. The Morgan fingerprint density at radius 1 is 1.53 bits per heavy atom. The van der Waals surface area contributed by atoms with Gasteiger partial charge in [0.2, 0.25) is 5.89 Å². The smallest absolute Gasteiger partial charge is 0.293 e. The molecule has 0 bridgehead atoms. The van der Waals surface area contributed by atoms with Crippen LogP contribution < -0.4 is 11.3 Å². The Labute approximate surface area is 112 Å². The van der Waals surface area contributed by atoms with Crippen molar-refractivity contribution in [3.63, 3.8) is 0 Å². The van der Waals surface area contributed by atoms with E-state index in [-0.39, 0.29) is 11.4 Å². The number of anilines is 1. The van der Waals surface area contributed by atoms with E-state index in [2.05, 4.69) is 15.6 Å². The van der Waals surface area contributed by atoms with Gasteiger partial charge in [0.05, 0.1) is 4.92 Å². The number of aryl methyl sites for hydroxylation is 1. The van der Waals surface area contributed by atoms with E-state index in [1.54, 1.807) is 19.1 Å². The molecule has 3 N–H and O–H groups in total. The zero-order valence-electron chi connectivity index (χ0n) is 9.99. The van der Waals surface area contributed by atoms with E-state index >= 15 is 0 Å². The van der Waals surface area contributed by atoms with E-state index in [1.165, 1.54) is 17.8 Å². The van der Waals surface area contributed by atoms with Gasteiger partial charge in [-0.2, -0.15) is 0 Å². The van der Waals surface area contributed by atoms with Crippen LogP contribution in [0.1, 0.15) is 11.5 Å². The molecular formula is C10H11N5O3S. The van der Waals surface area contributed by atoms with Gasteiger partial charge in [-0.15, -0.1) is 10.2 Å². The summed E-state index contributed by atoms with van der Waals surface area (Å²) in [4.78, 5) is 10.4. The molecule has 1 heterocycles. The second-order valence-corrected chi connectivity index (χ2v) is 4.51. The van der Waals surface area contributed by atoms with Crippen molar-refractivity contribution in [2.24, 2.45) is 5.84 Å². The number of rotatable bonds is 5. The second-order valence-electron chi connectivity index (χ2n) is 3.59. The number of benzene rings is 1. The van der Waals surface area contributed by atoms with Gasteiger partial charge >= 0.3 is 0 Å². The lowest BCUT2D eigenvalue weighted by atomic mass is 10.2. The number of nitro groups is 1. The van der Waals surface area contributed by atoms with Crippen molar-refractivity contribution in [1.82, 2.24) is 10.2 Å². The van der Waals surface area contributed by atoms with Crippen LogP contribution in [0.4, 0.5) is 11.4 Å². The summed E-state index contributed by atoms with van der Waals surface area (Å²) in [6.45, 7) is 1.69. The highest BCUT2D eigenvalue weighted by Crippen LogP contribution is 2.31. The topological polar surface area (TPSA) is 120 Å². The Balaban J connectivity index is 2.20. The van der Waals surface area contributed by atoms with Crippen LogP contribution in [0, 0.1) is 17.0 Å². The third kappa shape index (κ3) is 3.01. The van der Waals surface area contributed by atoms with E-state index in [9.17, 15) is 10.1 Å². The number of nitrogens with one attached hydrogen (secondary N) is 1. The van der Waals surface area contributed by atoms with Crippen molar-refractivity contribution in [2.75, 3.05) is 5.43 Å². The molecule has 0 saturated carbocycles. The fourth-order valence-corrected chi connectivity index (χ4v) is 2.30. The van der Waals surface area contributed by atoms with Crippen molar-refractivity contribution in [2.45, 2.75) is 17.9 Å². The number of hydrazine groups is 1. The van der Waals surface area contributed by atoms with E-state index < -0.39 is 4.92 Å². The lowest BCUT2D eigenvalue weighted by molar-refractivity contribution is -0.384. The largest absolute Gasteiger partial charge is 0.416 e. The molecular weight excluding hydrogens is 270 g/mol. The van der Waals surface area contributed by atoms with Crippen LogP contribution in [0.5, 0.6) is 0 Å². The van der Waals surface area contributed by atoms with Crippen LogP contribution in [0.3, 0.4) is 0 Å². The van der Waals surface area contributed by atoms with Crippen LogP contribution >= 0.6 is 11.8 Å². The van der Waals surface area contributed by atoms with Crippen LogP contribution in [0.25, 0.3) is 0 Å². The van der Waals surface area contributed by atoms with Gasteiger partial charge in [-0.1, -0.05) is 23.9 Å². The Morgan fingerprint density at radius 3 is 2.89 bits per heavy atom.